The van der Waals surface area contributed by atoms with E-state index in [1.165, 1.54) is 0 Å². The van der Waals surface area contributed by atoms with Crippen molar-refractivity contribution in [2.45, 2.75) is 26.2 Å². The van der Waals surface area contributed by atoms with E-state index in [4.69, 9.17) is 4.74 Å². The van der Waals surface area contributed by atoms with Gasteiger partial charge in [0.2, 0.25) is 0 Å². The van der Waals surface area contributed by atoms with Gasteiger partial charge in [-0.1, -0.05) is 35.3 Å². The summed E-state index contributed by atoms with van der Waals surface area (Å²) >= 11 is 3.36. The molecule has 0 aliphatic rings. The van der Waals surface area contributed by atoms with Crippen molar-refractivity contribution in [1.29, 1.82) is 0 Å². The second-order valence-electron chi connectivity index (χ2n) is 3.39. The number of phenols is 1. The molecule has 0 amide bonds. The van der Waals surface area contributed by atoms with Crippen molar-refractivity contribution >= 4 is 15.9 Å². The van der Waals surface area contributed by atoms with Crippen molar-refractivity contribution in [3.8, 4) is 11.5 Å². The number of benzene rings is 1. The summed E-state index contributed by atoms with van der Waals surface area (Å²) in [6.45, 7) is 2.78. The summed E-state index contributed by atoms with van der Waals surface area (Å²) in [5.41, 5.74) is 0.926. The van der Waals surface area contributed by atoms with Crippen LogP contribution in [0.25, 0.3) is 0 Å². The van der Waals surface area contributed by atoms with Crippen LogP contribution >= 0.6 is 15.9 Å². The molecule has 0 aliphatic heterocycles. The van der Waals surface area contributed by atoms with Gasteiger partial charge in [0.25, 0.3) is 0 Å². The van der Waals surface area contributed by atoms with E-state index < -0.39 is 0 Å². The molecule has 2 nitrogen and oxygen atoms in total. The van der Waals surface area contributed by atoms with Gasteiger partial charge in [0.15, 0.2) is 0 Å². The minimum Gasteiger partial charge on any atom is -0.508 e. The molecule has 1 rings (SSSR count). The van der Waals surface area contributed by atoms with Gasteiger partial charge in [-0.25, -0.2) is 0 Å². The zero-order valence-electron chi connectivity index (χ0n) is 9.00. The molecule has 0 spiro atoms. The minimum atomic E-state index is 0.341. The summed E-state index contributed by atoms with van der Waals surface area (Å²) in [5, 5.41) is 10.6. The summed E-state index contributed by atoms with van der Waals surface area (Å²) in [5.74, 6) is 1.16. The highest BCUT2D eigenvalue weighted by molar-refractivity contribution is 9.09. The molecule has 0 heterocycles. The maximum Gasteiger partial charge on any atom is 0.126 e. The third-order valence-electron chi connectivity index (χ3n) is 2.14. The quantitative estimate of drug-likeness (QED) is 0.635. The van der Waals surface area contributed by atoms with E-state index in [1.807, 2.05) is 12.1 Å². The average Bonchev–Trinajstić information content (AvgIpc) is 2.23. The topological polar surface area (TPSA) is 29.5 Å². The molecule has 1 N–H and O–H groups in total. The van der Waals surface area contributed by atoms with Crippen molar-refractivity contribution in [3.63, 3.8) is 0 Å². The predicted molar refractivity (Wildman–Crippen MR) is 66.0 cm³/mol. The Morgan fingerprint density at radius 3 is 2.87 bits per heavy atom. The Bertz CT molecular complexity index is 300. The molecule has 0 unspecified atom stereocenters. The van der Waals surface area contributed by atoms with E-state index in [9.17, 15) is 5.11 Å². The number of halogens is 1. The SMILES string of the molecule is CCCc1c(O)cccc1OCCCBr. The lowest BCUT2D eigenvalue weighted by Crippen LogP contribution is -2.00. The normalized spacial score (nSPS) is 10.3. The van der Waals surface area contributed by atoms with E-state index >= 15 is 0 Å². The molecule has 0 radical (unpaired) electrons. The lowest BCUT2D eigenvalue weighted by atomic mass is 10.1. The van der Waals surface area contributed by atoms with Crippen LogP contribution in [0.3, 0.4) is 0 Å². The van der Waals surface area contributed by atoms with Gasteiger partial charge in [-0.05, 0) is 25.0 Å². The first-order chi connectivity index (χ1) is 7.29. The zero-order chi connectivity index (χ0) is 11.1. The van der Waals surface area contributed by atoms with E-state index in [0.29, 0.717) is 12.4 Å². The monoisotopic (exact) mass is 272 g/mol. The first kappa shape index (κ1) is 12.4. The Kier molecular flexibility index (Phi) is 5.54. The van der Waals surface area contributed by atoms with Crippen LogP contribution < -0.4 is 4.74 Å². The number of hydrogen-bond acceptors (Lipinski definition) is 2. The van der Waals surface area contributed by atoms with E-state index in [1.54, 1.807) is 6.07 Å². The van der Waals surface area contributed by atoms with Crippen LogP contribution in [-0.4, -0.2) is 17.0 Å². The van der Waals surface area contributed by atoms with Crippen molar-refractivity contribution in [1.82, 2.24) is 0 Å². The number of ether oxygens (including phenoxy) is 1. The van der Waals surface area contributed by atoms with Gasteiger partial charge in [0.1, 0.15) is 11.5 Å². The largest absolute Gasteiger partial charge is 0.508 e. The summed E-state index contributed by atoms with van der Waals surface area (Å²) < 4.78 is 5.62. The van der Waals surface area contributed by atoms with Crippen molar-refractivity contribution in [2.24, 2.45) is 0 Å². The standard InChI is InChI=1S/C12H17BrO2/c1-2-5-10-11(14)6-3-7-12(10)15-9-4-8-13/h3,6-7,14H,2,4-5,8-9H2,1H3. The fourth-order valence-electron chi connectivity index (χ4n) is 1.43. The highest BCUT2D eigenvalue weighted by Gasteiger charge is 2.07. The highest BCUT2D eigenvalue weighted by atomic mass is 79.9. The Morgan fingerprint density at radius 2 is 2.20 bits per heavy atom. The Hall–Kier alpha value is -0.700. The first-order valence-corrected chi connectivity index (χ1v) is 6.41. The van der Waals surface area contributed by atoms with Crippen LogP contribution in [0.15, 0.2) is 18.2 Å². The molecule has 0 saturated carbocycles. The molecule has 0 saturated heterocycles. The van der Waals surface area contributed by atoms with E-state index in [2.05, 4.69) is 22.9 Å². The fourth-order valence-corrected chi connectivity index (χ4v) is 1.66. The average molecular weight is 273 g/mol. The zero-order valence-corrected chi connectivity index (χ0v) is 10.6. The Morgan fingerprint density at radius 1 is 1.40 bits per heavy atom. The molecule has 0 aliphatic carbocycles. The van der Waals surface area contributed by atoms with Crippen molar-refractivity contribution in [2.75, 3.05) is 11.9 Å². The molecule has 0 fully saturated rings. The molecule has 0 bridgehead atoms. The third kappa shape index (κ3) is 3.74. The fraction of sp³-hybridized carbons (Fsp3) is 0.500. The van der Waals surface area contributed by atoms with Crippen molar-refractivity contribution < 1.29 is 9.84 Å². The molecule has 0 aromatic heterocycles. The lowest BCUT2D eigenvalue weighted by molar-refractivity contribution is 0.313. The second-order valence-corrected chi connectivity index (χ2v) is 4.19. The van der Waals surface area contributed by atoms with Gasteiger partial charge in [0.05, 0.1) is 6.61 Å². The number of phenolic OH excluding ortho intramolecular Hbond substituents is 1. The van der Waals surface area contributed by atoms with Gasteiger partial charge in [-0.15, -0.1) is 0 Å². The maximum atomic E-state index is 9.69. The molecule has 15 heavy (non-hydrogen) atoms. The summed E-state index contributed by atoms with van der Waals surface area (Å²) in [6, 6.07) is 5.44. The molecular weight excluding hydrogens is 256 g/mol. The summed E-state index contributed by atoms with van der Waals surface area (Å²) in [4.78, 5) is 0. The molecule has 1 aromatic rings. The molecule has 0 atom stereocenters. The van der Waals surface area contributed by atoms with Gasteiger partial charge >= 0.3 is 0 Å². The number of aromatic hydroxyl groups is 1. The minimum absolute atomic E-state index is 0.341. The van der Waals surface area contributed by atoms with Crippen LogP contribution in [0.5, 0.6) is 11.5 Å². The van der Waals surface area contributed by atoms with Crippen LogP contribution in [-0.2, 0) is 6.42 Å². The van der Waals surface area contributed by atoms with Crippen LogP contribution in [0.1, 0.15) is 25.3 Å². The van der Waals surface area contributed by atoms with E-state index in [0.717, 1.165) is 35.9 Å². The van der Waals surface area contributed by atoms with E-state index in [-0.39, 0.29) is 0 Å². The predicted octanol–water partition coefficient (Wildman–Crippen LogP) is 3.51. The number of alkyl halides is 1. The Labute approximate surface area is 99.4 Å². The molecule has 84 valence electrons. The summed E-state index contributed by atoms with van der Waals surface area (Å²) in [6.07, 6.45) is 2.84. The van der Waals surface area contributed by atoms with Gasteiger partial charge in [0, 0.05) is 10.9 Å². The molecule has 1 aromatic carbocycles. The van der Waals surface area contributed by atoms with Crippen LogP contribution in [0, 0.1) is 0 Å². The number of hydrogen-bond donors (Lipinski definition) is 1. The summed E-state index contributed by atoms with van der Waals surface area (Å²) in [7, 11) is 0. The first-order valence-electron chi connectivity index (χ1n) is 5.29. The number of rotatable bonds is 6. The van der Waals surface area contributed by atoms with Crippen LogP contribution in [0.2, 0.25) is 0 Å². The molecular formula is C12H17BrO2. The second kappa shape index (κ2) is 6.72. The molecule has 3 heteroatoms. The third-order valence-corrected chi connectivity index (χ3v) is 2.70. The van der Waals surface area contributed by atoms with Crippen molar-refractivity contribution in [3.05, 3.63) is 23.8 Å². The van der Waals surface area contributed by atoms with Gasteiger partial charge in [-0.3, -0.25) is 0 Å². The highest BCUT2D eigenvalue weighted by Crippen LogP contribution is 2.28. The van der Waals surface area contributed by atoms with Crippen LogP contribution in [0.4, 0.5) is 0 Å². The van der Waals surface area contributed by atoms with Gasteiger partial charge in [-0.2, -0.15) is 0 Å². The van der Waals surface area contributed by atoms with Gasteiger partial charge < -0.3 is 9.84 Å². The lowest BCUT2D eigenvalue weighted by Gasteiger charge is -2.11. The smallest absolute Gasteiger partial charge is 0.126 e. The maximum absolute atomic E-state index is 9.69. The Balaban J connectivity index is 2.71.